The van der Waals surface area contributed by atoms with Crippen LogP contribution in [0.3, 0.4) is 0 Å². The van der Waals surface area contributed by atoms with Crippen molar-refractivity contribution >= 4 is 34.6 Å². The lowest BCUT2D eigenvalue weighted by Crippen LogP contribution is -2.44. The zero-order chi connectivity index (χ0) is 22.5. The molecule has 0 spiro atoms. The van der Waals surface area contributed by atoms with E-state index in [2.05, 4.69) is 20.8 Å². The molecule has 1 saturated carbocycles. The van der Waals surface area contributed by atoms with Gasteiger partial charge in [-0.3, -0.25) is 9.69 Å². The molecule has 1 heterocycles. The number of nitrogens with zero attached hydrogens (tertiary/aromatic N) is 2. The minimum Gasteiger partial charge on any atom is -0.493 e. The highest BCUT2D eigenvalue weighted by atomic mass is 32.2. The average molecular weight is 449 g/mol. The van der Waals surface area contributed by atoms with Crippen molar-refractivity contribution in [3.8, 4) is 5.75 Å². The summed E-state index contributed by atoms with van der Waals surface area (Å²) in [5.41, 5.74) is 1.87. The van der Waals surface area contributed by atoms with Crippen molar-refractivity contribution in [2.75, 3.05) is 6.61 Å². The van der Waals surface area contributed by atoms with Gasteiger partial charge >= 0.3 is 0 Å². The Balaban J connectivity index is 1.60. The van der Waals surface area contributed by atoms with Crippen LogP contribution in [0.25, 0.3) is 6.08 Å². The quantitative estimate of drug-likeness (QED) is 0.451. The molecule has 2 aromatic carbocycles. The van der Waals surface area contributed by atoms with E-state index in [9.17, 15) is 4.79 Å². The molecule has 2 fully saturated rings. The fraction of sp³-hybridized carbons (Fsp3) is 0.407. The molecule has 2 atom stereocenters. The Morgan fingerprint density at radius 3 is 2.50 bits per heavy atom. The first kappa shape index (κ1) is 22.7. The van der Waals surface area contributed by atoms with Gasteiger partial charge < -0.3 is 4.74 Å². The van der Waals surface area contributed by atoms with E-state index in [1.807, 2.05) is 65.6 Å². The first-order valence-corrected chi connectivity index (χ1v) is 12.4. The molecule has 0 bridgehead atoms. The summed E-state index contributed by atoms with van der Waals surface area (Å²) in [5.74, 6) is 1.89. The third kappa shape index (κ3) is 5.44. The second kappa shape index (κ2) is 10.4. The first-order chi connectivity index (χ1) is 15.5. The molecular weight excluding hydrogens is 416 g/mol. The summed E-state index contributed by atoms with van der Waals surface area (Å²) in [6.45, 7) is 7.23. The number of hydrogen-bond acceptors (Lipinski definition) is 4. The normalized spacial score (nSPS) is 24.0. The highest BCUT2D eigenvalue weighted by Gasteiger charge is 2.41. The Labute approximate surface area is 195 Å². The Bertz CT molecular complexity index is 982. The predicted molar refractivity (Wildman–Crippen MR) is 134 cm³/mol. The molecule has 32 heavy (non-hydrogen) atoms. The van der Waals surface area contributed by atoms with Gasteiger partial charge in [0.2, 0.25) is 0 Å². The molecule has 0 N–H and O–H groups in total. The number of amides is 1. The number of benzene rings is 2. The van der Waals surface area contributed by atoms with Crippen molar-refractivity contribution in [3.05, 3.63) is 65.1 Å². The molecule has 4 nitrogen and oxygen atoms in total. The van der Waals surface area contributed by atoms with Gasteiger partial charge in [-0.2, -0.15) is 0 Å². The van der Waals surface area contributed by atoms with Gasteiger partial charge in [0, 0.05) is 6.04 Å². The molecule has 4 rings (SSSR count). The molecule has 1 aliphatic heterocycles. The molecule has 0 radical (unpaired) electrons. The van der Waals surface area contributed by atoms with Crippen molar-refractivity contribution in [2.24, 2.45) is 16.8 Å². The maximum Gasteiger partial charge on any atom is 0.267 e. The van der Waals surface area contributed by atoms with Crippen LogP contribution in [-0.4, -0.2) is 28.6 Å². The number of ether oxygens (including phenoxy) is 1. The minimum atomic E-state index is 0.0727. The van der Waals surface area contributed by atoms with Gasteiger partial charge in [0.15, 0.2) is 5.17 Å². The Morgan fingerprint density at radius 2 is 1.81 bits per heavy atom. The first-order valence-electron chi connectivity index (χ1n) is 11.6. The van der Waals surface area contributed by atoms with Crippen LogP contribution >= 0.6 is 11.8 Å². The third-order valence-corrected chi connectivity index (χ3v) is 6.96. The highest BCUT2D eigenvalue weighted by molar-refractivity contribution is 8.18. The van der Waals surface area contributed by atoms with E-state index in [-0.39, 0.29) is 11.9 Å². The lowest BCUT2D eigenvalue weighted by molar-refractivity contribution is -0.124. The van der Waals surface area contributed by atoms with Crippen molar-refractivity contribution in [2.45, 2.75) is 52.5 Å². The van der Waals surface area contributed by atoms with Gasteiger partial charge in [-0.15, -0.1) is 0 Å². The topological polar surface area (TPSA) is 41.9 Å². The van der Waals surface area contributed by atoms with Gasteiger partial charge in [0.05, 0.1) is 17.2 Å². The largest absolute Gasteiger partial charge is 0.493 e. The van der Waals surface area contributed by atoms with E-state index in [4.69, 9.17) is 9.73 Å². The van der Waals surface area contributed by atoms with Crippen molar-refractivity contribution < 1.29 is 9.53 Å². The number of para-hydroxylation sites is 1. The number of aliphatic imine (C=N–C) groups is 1. The number of carbonyl (C=O) groups is 1. The maximum atomic E-state index is 13.5. The van der Waals surface area contributed by atoms with Gasteiger partial charge in [0.1, 0.15) is 5.75 Å². The monoisotopic (exact) mass is 448 g/mol. The van der Waals surface area contributed by atoms with Crippen LogP contribution in [0, 0.1) is 11.8 Å². The molecule has 1 aliphatic carbocycles. The van der Waals surface area contributed by atoms with E-state index < -0.39 is 0 Å². The van der Waals surface area contributed by atoms with Crippen LogP contribution in [0.5, 0.6) is 5.75 Å². The summed E-state index contributed by atoms with van der Waals surface area (Å²) in [6.07, 6.45) is 6.59. The lowest BCUT2D eigenvalue weighted by Gasteiger charge is -2.35. The molecule has 0 aromatic heterocycles. The zero-order valence-electron chi connectivity index (χ0n) is 19.2. The highest BCUT2D eigenvalue weighted by Crippen LogP contribution is 2.40. The number of amidine groups is 1. The number of hydrogen-bond donors (Lipinski definition) is 0. The van der Waals surface area contributed by atoms with E-state index >= 15 is 0 Å². The second-order valence-electron chi connectivity index (χ2n) is 9.12. The molecule has 5 heteroatoms. The van der Waals surface area contributed by atoms with Gasteiger partial charge in [0.25, 0.3) is 5.91 Å². The summed E-state index contributed by atoms with van der Waals surface area (Å²) in [7, 11) is 0. The fourth-order valence-electron chi connectivity index (χ4n) is 4.22. The van der Waals surface area contributed by atoms with Crippen LogP contribution in [-0.2, 0) is 4.79 Å². The molecule has 1 saturated heterocycles. The maximum absolute atomic E-state index is 13.5. The Kier molecular flexibility index (Phi) is 7.36. The smallest absolute Gasteiger partial charge is 0.267 e. The van der Waals surface area contributed by atoms with Gasteiger partial charge in [-0.05, 0) is 72.3 Å². The summed E-state index contributed by atoms with van der Waals surface area (Å²) in [4.78, 5) is 21.1. The van der Waals surface area contributed by atoms with Crippen LogP contribution in [0.4, 0.5) is 5.69 Å². The number of carbonyl (C=O) groups excluding carboxylic acids is 1. The number of thioether (sulfide) groups is 1. The summed E-state index contributed by atoms with van der Waals surface area (Å²) in [5, 5.41) is 0.795. The Morgan fingerprint density at radius 1 is 1.09 bits per heavy atom. The zero-order valence-corrected chi connectivity index (χ0v) is 20.0. The van der Waals surface area contributed by atoms with Crippen LogP contribution in [0.15, 0.2) is 64.5 Å². The van der Waals surface area contributed by atoms with Crippen LogP contribution in [0.1, 0.15) is 52.0 Å². The lowest BCUT2D eigenvalue weighted by atomic mass is 9.85. The van der Waals surface area contributed by atoms with Crippen molar-refractivity contribution in [1.82, 2.24) is 4.90 Å². The predicted octanol–water partition coefficient (Wildman–Crippen LogP) is 6.90. The molecule has 2 aromatic rings. The molecule has 1 amide bonds. The van der Waals surface area contributed by atoms with Crippen molar-refractivity contribution in [3.63, 3.8) is 0 Å². The fourth-order valence-corrected chi connectivity index (χ4v) is 5.27. The van der Waals surface area contributed by atoms with E-state index in [0.29, 0.717) is 18.4 Å². The molecule has 2 aliphatic rings. The molecule has 168 valence electrons. The van der Waals surface area contributed by atoms with E-state index in [0.717, 1.165) is 39.9 Å². The second-order valence-corrected chi connectivity index (χ2v) is 10.1. The van der Waals surface area contributed by atoms with Crippen LogP contribution in [0.2, 0.25) is 0 Å². The molecule has 0 unspecified atom stereocenters. The van der Waals surface area contributed by atoms with Crippen molar-refractivity contribution in [1.29, 1.82) is 0 Å². The summed E-state index contributed by atoms with van der Waals surface area (Å²) < 4.78 is 5.78. The van der Waals surface area contributed by atoms with Gasteiger partial charge in [-0.1, -0.05) is 63.9 Å². The SMILES string of the molecule is CC(C)COc1ccc(/C=C2\SC(=Nc3ccccc3)N([C@@H]3CCCC[C@H]3C)C2=O)cc1. The van der Waals surface area contributed by atoms with E-state index in [1.54, 1.807) is 0 Å². The Hall–Kier alpha value is -2.53. The molecular formula is C27H32N2O2S. The standard InChI is InChI=1S/C27H32N2O2S/c1-19(2)18-31-23-15-13-21(14-16-23)17-25-26(30)29(24-12-8-7-9-20(24)3)27(32-25)28-22-10-5-4-6-11-22/h4-6,10-11,13-17,19-20,24H,7-9,12,18H2,1-3H3/b25-17-,28-27?/t20-,24-/m1/s1. The van der Waals surface area contributed by atoms with Gasteiger partial charge in [-0.25, -0.2) is 4.99 Å². The minimum absolute atomic E-state index is 0.0727. The summed E-state index contributed by atoms with van der Waals surface area (Å²) >= 11 is 1.49. The van der Waals surface area contributed by atoms with Crippen LogP contribution < -0.4 is 4.74 Å². The average Bonchev–Trinajstić information content (AvgIpc) is 3.08. The number of rotatable bonds is 6. The van der Waals surface area contributed by atoms with E-state index in [1.165, 1.54) is 24.6 Å². The summed E-state index contributed by atoms with van der Waals surface area (Å²) in [6, 6.07) is 18.1. The third-order valence-electron chi connectivity index (χ3n) is 5.98.